The smallest absolute Gasteiger partial charge is 0.229 e. The van der Waals surface area contributed by atoms with Gasteiger partial charge < -0.3 is 23.9 Å². The highest BCUT2D eigenvalue weighted by molar-refractivity contribution is 6.30. The molecule has 0 bridgehead atoms. The van der Waals surface area contributed by atoms with Crippen LogP contribution >= 0.6 is 11.6 Å². The molecule has 2 aromatic carbocycles. The second-order valence-corrected chi connectivity index (χ2v) is 6.98. The molecule has 0 unspecified atom stereocenters. The average molecular weight is 431 g/mol. The number of aliphatic hydroxyl groups is 1. The summed E-state index contributed by atoms with van der Waals surface area (Å²) in [4.78, 5) is 18.8. The lowest BCUT2D eigenvalue weighted by Gasteiger charge is -2.23. The zero-order chi connectivity index (χ0) is 21.5. The van der Waals surface area contributed by atoms with Crippen molar-refractivity contribution in [3.05, 3.63) is 65.0 Å². The minimum Gasteiger partial charge on any atom is -0.497 e. The molecule has 1 heterocycles. The third kappa shape index (κ3) is 5.31. The molecule has 1 aromatic heterocycles. The molecule has 8 heteroatoms. The number of aliphatic hydroxyl groups excluding tert-OH is 1. The summed E-state index contributed by atoms with van der Waals surface area (Å²) < 4.78 is 16.2. The van der Waals surface area contributed by atoms with Crippen LogP contribution in [0.2, 0.25) is 5.02 Å². The van der Waals surface area contributed by atoms with Gasteiger partial charge in [-0.2, -0.15) is 0 Å². The summed E-state index contributed by atoms with van der Waals surface area (Å²) in [6, 6.07) is 12.5. The number of carbonyl (C=O) groups is 1. The minimum absolute atomic E-state index is 0.0450. The highest BCUT2D eigenvalue weighted by atomic mass is 35.5. The number of amides is 1. The largest absolute Gasteiger partial charge is 0.497 e. The first-order valence-electron chi connectivity index (χ1n) is 9.34. The highest BCUT2D eigenvalue weighted by Gasteiger charge is 2.19. The monoisotopic (exact) mass is 430 g/mol. The van der Waals surface area contributed by atoms with Crippen molar-refractivity contribution in [3.8, 4) is 23.0 Å². The maximum Gasteiger partial charge on any atom is 0.229 e. The Kier molecular flexibility index (Phi) is 7.32. The predicted molar refractivity (Wildman–Crippen MR) is 113 cm³/mol. The Bertz CT molecular complexity index is 987. The lowest BCUT2D eigenvalue weighted by molar-refractivity contribution is -0.131. The van der Waals surface area contributed by atoms with E-state index in [1.165, 1.54) is 6.26 Å². The van der Waals surface area contributed by atoms with Crippen molar-refractivity contribution in [2.75, 3.05) is 27.4 Å². The number of oxazole rings is 1. The van der Waals surface area contributed by atoms with Crippen LogP contribution in [0, 0.1) is 0 Å². The fourth-order valence-corrected chi connectivity index (χ4v) is 3.13. The lowest BCUT2D eigenvalue weighted by Crippen LogP contribution is -2.34. The van der Waals surface area contributed by atoms with E-state index in [2.05, 4.69) is 4.98 Å². The Morgan fingerprint density at radius 1 is 1.17 bits per heavy atom. The van der Waals surface area contributed by atoms with Crippen molar-refractivity contribution in [2.45, 2.75) is 13.0 Å². The van der Waals surface area contributed by atoms with Crippen molar-refractivity contribution >= 4 is 17.5 Å². The van der Waals surface area contributed by atoms with Crippen molar-refractivity contribution in [1.29, 1.82) is 0 Å². The number of ether oxygens (including phenoxy) is 2. The van der Waals surface area contributed by atoms with E-state index >= 15 is 0 Å². The number of hydrogen-bond acceptors (Lipinski definition) is 6. The van der Waals surface area contributed by atoms with Gasteiger partial charge in [-0.1, -0.05) is 11.6 Å². The van der Waals surface area contributed by atoms with Gasteiger partial charge in [0.1, 0.15) is 17.8 Å². The summed E-state index contributed by atoms with van der Waals surface area (Å²) in [5, 5.41) is 10.1. The molecule has 3 rings (SSSR count). The lowest BCUT2D eigenvalue weighted by atomic mass is 10.1. The maximum absolute atomic E-state index is 12.9. The topological polar surface area (TPSA) is 85.0 Å². The van der Waals surface area contributed by atoms with Crippen LogP contribution in [-0.2, 0) is 17.8 Å². The number of carbonyl (C=O) groups excluding carboxylic acids is 1. The van der Waals surface area contributed by atoms with Gasteiger partial charge >= 0.3 is 0 Å². The van der Waals surface area contributed by atoms with Crippen LogP contribution in [0.5, 0.6) is 11.5 Å². The number of hydrogen-bond donors (Lipinski definition) is 1. The van der Waals surface area contributed by atoms with Crippen LogP contribution in [0.4, 0.5) is 0 Å². The van der Waals surface area contributed by atoms with Crippen LogP contribution in [0.15, 0.2) is 53.1 Å². The van der Waals surface area contributed by atoms with Crippen LogP contribution < -0.4 is 9.47 Å². The molecule has 0 saturated heterocycles. The Hall–Kier alpha value is -3.03. The zero-order valence-electron chi connectivity index (χ0n) is 16.8. The molecule has 0 aliphatic heterocycles. The molecule has 0 radical (unpaired) electrons. The van der Waals surface area contributed by atoms with Crippen LogP contribution in [0.1, 0.15) is 11.3 Å². The molecule has 0 aliphatic rings. The van der Waals surface area contributed by atoms with Crippen molar-refractivity contribution in [3.63, 3.8) is 0 Å². The zero-order valence-corrected chi connectivity index (χ0v) is 17.6. The third-order valence-corrected chi connectivity index (χ3v) is 4.80. The summed E-state index contributed by atoms with van der Waals surface area (Å²) in [7, 11) is 3.14. The van der Waals surface area contributed by atoms with Gasteiger partial charge in [-0.25, -0.2) is 4.98 Å². The first-order valence-corrected chi connectivity index (χ1v) is 9.71. The molecule has 7 nitrogen and oxygen atoms in total. The molecule has 0 fully saturated rings. The van der Waals surface area contributed by atoms with Crippen LogP contribution in [0.3, 0.4) is 0 Å². The predicted octanol–water partition coefficient (Wildman–Crippen LogP) is 3.58. The van der Waals surface area contributed by atoms with E-state index in [0.717, 1.165) is 11.1 Å². The fourth-order valence-electron chi connectivity index (χ4n) is 3.00. The first-order chi connectivity index (χ1) is 14.5. The molecule has 30 heavy (non-hydrogen) atoms. The average Bonchev–Trinajstić information content (AvgIpc) is 3.22. The number of aromatic nitrogens is 1. The Labute approximate surface area is 179 Å². The van der Waals surface area contributed by atoms with Crippen molar-refractivity contribution < 1.29 is 23.8 Å². The number of benzene rings is 2. The van der Waals surface area contributed by atoms with Gasteiger partial charge in [0.2, 0.25) is 11.8 Å². The number of nitrogens with zero attached hydrogens (tertiary/aromatic N) is 2. The number of halogens is 1. The standard InChI is InChI=1S/C22H23ClN2O5/c1-28-19-7-8-20(29-2)16(11-19)13-25(9-10-26)21(27)12-18-14-30-22(24-18)15-3-5-17(23)6-4-15/h3-8,11,14,26H,9-10,12-13H2,1-2H3. The van der Waals surface area contributed by atoms with Gasteiger partial charge in [0, 0.05) is 29.2 Å². The summed E-state index contributed by atoms with van der Waals surface area (Å²) >= 11 is 5.91. The molecule has 0 spiro atoms. The summed E-state index contributed by atoms with van der Waals surface area (Å²) in [6.45, 7) is 0.287. The molecule has 0 saturated carbocycles. The van der Waals surface area contributed by atoms with Gasteiger partial charge in [-0.3, -0.25) is 4.79 Å². The minimum atomic E-state index is -0.190. The van der Waals surface area contributed by atoms with Crippen LogP contribution in [-0.4, -0.2) is 48.3 Å². The fraction of sp³-hybridized carbons (Fsp3) is 0.273. The molecule has 1 N–H and O–H groups in total. The van der Waals surface area contributed by atoms with E-state index < -0.39 is 0 Å². The molecular formula is C22H23ClN2O5. The SMILES string of the molecule is COc1ccc(OC)c(CN(CCO)C(=O)Cc2coc(-c3ccc(Cl)cc3)n2)c1. The molecular weight excluding hydrogens is 408 g/mol. The summed E-state index contributed by atoms with van der Waals surface area (Å²) in [5.41, 5.74) is 2.05. The molecule has 0 aliphatic carbocycles. The van der Waals surface area contributed by atoms with E-state index in [1.54, 1.807) is 55.5 Å². The number of methoxy groups -OCH3 is 2. The highest BCUT2D eigenvalue weighted by Crippen LogP contribution is 2.26. The van der Waals surface area contributed by atoms with E-state index in [9.17, 15) is 9.90 Å². The van der Waals surface area contributed by atoms with Crippen molar-refractivity contribution in [1.82, 2.24) is 9.88 Å². The molecule has 0 atom stereocenters. The molecule has 3 aromatic rings. The normalized spacial score (nSPS) is 10.7. The summed E-state index contributed by atoms with van der Waals surface area (Å²) in [5.74, 6) is 1.52. The molecule has 1 amide bonds. The quantitative estimate of drug-likeness (QED) is 0.558. The van der Waals surface area contributed by atoms with Gasteiger partial charge in [0.05, 0.1) is 32.9 Å². The van der Waals surface area contributed by atoms with Gasteiger partial charge in [-0.15, -0.1) is 0 Å². The second kappa shape index (κ2) is 10.1. The van der Waals surface area contributed by atoms with Crippen molar-refractivity contribution in [2.24, 2.45) is 0 Å². The van der Waals surface area contributed by atoms with Gasteiger partial charge in [-0.05, 0) is 42.5 Å². The van der Waals surface area contributed by atoms with E-state index in [-0.39, 0.29) is 32.0 Å². The maximum atomic E-state index is 12.9. The van der Waals surface area contributed by atoms with Gasteiger partial charge in [0.25, 0.3) is 0 Å². The summed E-state index contributed by atoms with van der Waals surface area (Å²) in [6.07, 6.45) is 1.51. The Balaban J connectivity index is 1.74. The van der Waals surface area contributed by atoms with E-state index in [1.807, 2.05) is 6.07 Å². The third-order valence-electron chi connectivity index (χ3n) is 4.55. The second-order valence-electron chi connectivity index (χ2n) is 6.54. The van der Waals surface area contributed by atoms with E-state index in [4.69, 9.17) is 25.5 Å². The van der Waals surface area contributed by atoms with Gasteiger partial charge in [0.15, 0.2) is 0 Å². The Morgan fingerprint density at radius 3 is 2.60 bits per heavy atom. The number of rotatable bonds is 9. The first kappa shape index (κ1) is 21.7. The van der Waals surface area contributed by atoms with Crippen LogP contribution in [0.25, 0.3) is 11.5 Å². The Morgan fingerprint density at radius 2 is 1.93 bits per heavy atom. The van der Waals surface area contributed by atoms with E-state index in [0.29, 0.717) is 28.1 Å². The molecule has 158 valence electrons.